The summed E-state index contributed by atoms with van der Waals surface area (Å²) in [6.45, 7) is 6.40. The third-order valence-electron chi connectivity index (χ3n) is 5.07. The number of nitrogen functional groups attached to an aromatic ring is 1. The molecule has 1 aromatic rings. The largest absolute Gasteiger partial charge is 0.391 e. The third kappa shape index (κ3) is 2.81. The fourth-order valence-corrected chi connectivity index (χ4v) is 3.79. The molecule has 6 heteroatoms. The molecule has 0 aromatic carbocycles. The molecule has 1 aromatic heterocycles. The van der Waals surface area contributed by atoms with Crippen molar-refractivity contribution in [2.45, 2.75) is 45.2 Å². The lowest BCUT2D eigenvalue weighted by molar-refractivity contribution is -0.914. The van der Waals surface area contributed by atoms with Crippen molar-refractivity contribution in [1.82, 2.24) is 9.36 Å². The Balaban J connectivity index is 1.54. The molecule has 3 rings (SSSR count). The summed E-state index contributed by atoms with van der Waals surface area (Å²) in [4.78, 5) is 12.0. The summed E-state index contributed by atoms with van der Waals surface area (Å²) in [6.07, 6.45) is 6.26. The number of piperidine rings is 1. The molecule has 3 N–H and O–H groups in total. The molecular weight excluding hydrogens is 266 g/mol. The van der Waals surface area contributed by atoms with Crippen LogP contribution in [0.3, 0.4) is 0 Å². The van der Waals surface area contributed by atoms with E-state index in [1.807, 2.05) is 4.68 Å². The maximum absolute atomic E-state index is 12.0. The van der Waals surface area contributed by atoms with E-state index in [9.17, 15) is 4.79 Å². The van der Waals surface area contributed by atoms with E-state index in [1.165, 1.54) is 43.4 Å². The Morgan fingerprint density at radius 1 is 1.14 bits per heavy atom. The monoisotopic (exact) mass is 294 g/mol. The standard InChI is InChI=1S/C15H27N5O/c1-20(10-3-2-4-11-20)12-5-7-17-14-13(16)15(21)19-9-6-8-18(14)19/h2-12,16H2,1H3/p+1. The van der Waals surface area contributed by atoms with E-state index in [0.717, 1.165) is 38.3 Å². The SMILES string of the molecule is C[N+]1(CCCNc2c(N)c(=O)n3n2CCC3)CCCCC1. The molecule has 0 amide bonds. The molecule has 2 aliphatic heterocycles. The second-order valence-corrected chi connectivity index (χ2v) is 6.80. The number of aromatic nitrogens is 2. The highest BCUT2D eigenvalue weighted by Crippen LogP contribution is 2.21. The predicted octanol–water partition coefficient (Wildman–Crippen LogP) is 1.07. The van der Waals surface area contributed by atoms with Crippen LogP contribution in [0.1, 0.15) is 32.1 Å². The van der Waals surface area contributed by atoms with Crippen LogP contribution in [-0.4, -0.2) is 47.1 Å². The smallest absolute Gasteiger partial charge is 0.292 e. The molecule has 0 unspecified atom stereocenters. The number of rotatable bonds is 5. The Bertz CT molecular complexity index is 553. The van der Waals surface area contributed by atoms with Gasteiger partial charge in [-0.05, 0) is 25.7 Å². The maximum atomic E-state index is 12.0. The number of hydrogen-bond donors (Lipinski definition) is 2. The van der Waals surface area contributed by atoms with Gasteiger partial charge in [-0.3, -0.25) is 9.48 Å². The first kappa shape index (κ1) is 14.5. The van der Waals surface area contributed by atoms with E-state index in [0.29, 0.717) is 5.69 Å². The van der Waals surface area contributed by atoms with Gasteiger partial charge in [-0.2, -0.15) is 0 Å². The number of anilines is 2. The van der Waals surface area contributed by atoms with Crippen LogP contribution in [0.4, 0.5) is 11.5 Å². The molecule has 0 aliphatic carbocycles. The highest BCUT2D eigenvalue weighted by molar-refractivity contribution is 5.61. The first-order chi connectivity index (χ1) is 10.1. The van der Waals surface area contributed by atoms with Crippen LogP contribution in [0.2, 0.25) is 0 Å². The van der Waals surface area contributed by atoms with Crippen LogP contribution in [0, 0.1) is 0 Å². The first-order valence-corrected chi connectivity index (χ1v) is 8.27. The van der Waals surface area contributed by atoms with Crippen molar-refractivity contribution in [2.75, 3.05) is 44.3 Å². The summed E-state index contributed by atoms with van der Waals surface area (Å²) in [6, 6.07) is 0. The van der Waals surface area contributed by atoms with E-state index in [1.54, 1.807) is 4.68 Å². The van der Waals surface area contributed by atoms with Crippen LogP contribution in [0.25, 0.3) is 0 Å². The van der Waals surface area contributed by atoms with Gasteiger partial charge >= 0.3 is 0 Å². The average molecular weight is 294 g/mol. The number of quaternary nitrogens is 1. The topological polar surface area (TPSA) is 65.0 Å². The molecule has 6 nitrogen and oxygen atoms in total. The van der Waals surface area contributed by atoms with E-state index in [4.69, 9.17) is 5.73 Å². The average Bonchev–Trinajstić information content (AvgIpc) is 3.02. The van der Waals surface area contributed by atoms with E-state index >= 15 is 0 Å². The van der Waals surface area contributed by atoms with Crippen LogP contribution in [-0.2, 0) is 13.1 Å². The Morgan fingerprint density at radius 2 is 1.86 bits per heavy atom. The van der Waals surface area contributed by atoms with Crippen molar-refractivity contribution in [3.8, 4) is 0 Å². The minimum atomic E-state index is -0.0370. The normalized spacial score (nSPS) is 20.4. The Labute approximate surface area is 126 Å². The fraction of sp³-hybridized carbons (Fsp3) is 0.800. The molecular formula is C15H28N5O+. The van der Waals surface area contributed by atoms with Gasteiger partial charge in [-0.25, -0.2) is 4.68 Å². The van der Waals surface area contributed by atoms with Gasteiger partial charge in [0, 0.05) is 26.1 Å². The molecule has 21 heavy (non-hydrogen) atoms. The Kier molecular flexibility index (Phi) is 3.97. The van der Waals surface area contributed by atoms with Gasteiger partial charge in [0.2, 0.25) is 0 Å². The molecule has 0 radical (unpaired) electrons. The summed E-state index contributed by atoms with van der Waals surface area (Å²) >= 11 is 0. The number of hydrogen-bond acceptors (Lipinski definition) is 3. The number of nitrogens with one attached hydrogen (secondary N) is 1. The van der Waals surface area contributed by atoms with Crippen molar-refractivity contribution in [1.29, 1.82) is 0 Å². The van der Waals surface area contributed by atoms with E-state index in [2.05, 4.69) is 12.4 Å². The molecule has 118 valence electrons. The van der Waals surface area contributed by atoms with E-state index in [-0.39, 0.29) is 5.56 Å². The summed E-state index contributed by atoms with van der Waals surface area (Å²) in [5.41, 5.74) is 6.29. The summed E-state index contributed by atoms with van der Waals surface area (Å²) < 4.78 is 4.97. The third-order valence-corrected chi connectivity index (χ3v) is 5.07. The zero-order valence-electron chi connectivity index (χ0n) is 13.1. The van der Waals surface area contributed by atoms with Crippen molar-refractivity contribution in [3.63, 3.8) is 0 Å². The molecule has 3 heterocycles. The minimum Gasteiger partial charge on any atom is -0.391 e. The van der Waals surface area contributed by atoms with E-state index < -0.39 is 0 Å². The number of nitrogens with two attached hydrogens (primary N) is 1. The predicted molar refractivity (Wildman–Crippen MR) is 85.5 cm³/mol. The maximum Gasteiger partial charge on any atom is 0.292 e. The minimum absolute atomic E-state index is 0.0370. The highest BCUT2D eigenvalue weighted by Gasteiger charge is 2.24. The van der Waals surface area contributed by atoms with Gasteiger partial charge in [0.05, 0.1) is 26.7 Å². The van der Waals surface area contributed by atoms with Gasteiger partial charge in [-0.1, -0.05) is 0 Å². The number of likely N-dealkylation sites (tertiary alicyclic amines) is 1. The fourth-order valence-electron chi connectivity index (χ4n) is 3.79. The molecule has 1 fully saturated rings. The highest BCUT2D eigenvalue weighted by atomic mass is 16.1. The van der Waals surface area contributed by atoms with Crippen LogP contribution in [0.5, 0.6) is 0 Å². The zero-order chi connectivity index (χ0) is 14.9. The molecule has 2 aliphatic rings. The lowest BCUT2D eigenvalue weighted by Gasteiger charge is -2.37. The van der Waals surface area contributed by atoms with Gasteiger partial charge < -0.3 is 15.5 Å². The lowest BCUT2D eigenvalue weighted by atomic mass is 10.1. The van der Waals surface area contributed by atoms with Crippen LogP contribution < -0.4 is 16.6 Å². The number of fused-ring (bicyclic) bond motifs is 1. The zero-order valence-corrected chi connectivity index (χ0v) is 13.1. The summed E-state index contributed by atoms with van der Waals surface area (Å²) in [7, 11) is 2.37. The van der Waals surface area contributed by atoms with Crippen molar-refractivity contribution in [2.24, 2.45) is 0 Å². The molecule has 1 saturated heterocycles. The quantitative estimate of drug-likeness (QED) is 0.630. The Morgan fingerprint density at radius 3 is 2.62 bits per heavy atom. The second-order valence-electron chi connectivity index (χ2n) is 6.80. The van der Waals surface area contributed by atoms with Gasteiger partial charge in [0.1, 0.15) is 11.5 Å². The van der Waals surface area contributed by atoms with Crippen molar-refractivity contribution >= 4 is 11.5 Å². The Hall–Kier alpha value is -1.43. The molecule has 0 saturated carbocycles. The van der Waals surface area contributed by atoms with Crippen LogP contribution >= 0.6 is 0 Å². The van der Waals surface area contributed by atoms with Crippen LogP contribution in [0.15, 0.2) is 4.79 Å². The molecule has 0 spiro atoms. The van der Waals surface area contributed by atoms with Gasteiger partial charge in [0.25, 0.3) is 5.56 Å². The summed E-state index contributed by atoms with van der Waals surface area (Å²) in [5, 5.41) is 3.40. The van der Waals surface area contributed by atoms with Gasteiger partial charge in [-0.15, -0.1) is 0 Å². The summed E-state index contributed by atoms with van der Waals surface area (Å²) in [5.74, 6) is 0.832. The lowest BCUT2D eigenvalue weighted by Crippen LogP contribution is -2.48. The molecule has 0 bridgehead atoms. The van der Waals surface area contributed by atoms with Crippen molar-refractivity contribution in [3.05, 3.63) is 10.4 Å². The van der Waals surface area contributed by atoms with Crippen molar-refractivity contribution < 1.29 is 4.48 Å². The second kappa shape index (κ2) is 5.75. The number of nitrogens with zero attached hydrogens (tertiary/aromatic N) is 3. The van der Waals surface area contributed by atoms with Gasteiger partial charge in [0.15, 0.2) is 0 Å². The molecule has 0 atom stereocenters. The first-order valence-electron chi connectivity index (χ1n) is 8.27.